The number of aromatic nitrogens is 2. The fourth-order valence-electron chi connectivity index (χ4n) is 3.27. The number of rotatable bonds is 5. The molecule has 3 rings (SSSR count). The third-order valence-corrected chi connectivity index (χ3v) is 6.25. The summed E-state index contributed by atoms with van der Waals surface area (Å²) >= 11 is 3.56. The Hall–Kier alpha value is -1.45. The third-order valence-electron chi connectivity index (χ3n) is 4.52. The highest BCUT2D eigenvalue weighted by molar-refractivity contribution is 14.1. The minimum atomic E-state index is -0.0150. The van der Waals surface area contributed by atoms with Crippen LogP contribution in [0.3, 0.4) is 0 Å². The van der Waals surface area contributed by atoms with Gasteiger partial charge in [-0.05, 0) is 48.9 Å². The standard InChI is InChI=1S/C19H23IN4OS/c1-4-5-6-7-13(2)14-10-15(12-23(3)11-14)21-17-16(20)18(25)24-8-9-26-19(24)22-17/h4-9,14-15,21H,2,10-12H2,1,3H3/b5-4-,7-6-/t14-,15+/m0/s1. The summed E-state index contributed by atoms with van der Waals surface area (Å²) in [5.41, 5.74) is 1.12. The third kappa shape index (κ3) is 4.27. The number of likely N-dealkylation sites (N-methyl/N-ethyl adjacent to an activating group) is 1. The fourth-order valence-corrected chi connectivity index (χ4v) is 4.51. The van der Waals surface area contributed by atoms with Crippen LogP contribution in [0.2, 0.25) is 0 Å². The van der Waals surface area contributed by atoms with Crippen LogP contribution in [0.5, 0.6) is 0 Å². The molecule has 5 nitrogen and oxygen atoms in total. The van der Waals surface area contributed by atoms with E-state index in [1.54, 1.807) is 10.6 Å². The number of nitrogens with zero attached hydrogens (tertiary/aromatic N) is 3. The van der Waals surface area contributed by atoms with E-state index in [-0.39, 0.29) is 11.6 Å². The van der Waals surface area contributed by atoms with Gasteiger partial charge in [0, 0.05) is 30.7 Å². The van der Waals surface area contributed by atoms with Crippen molar-refractivity contribution >= 4 is 44.7 Å². The number of fused-ring (bicyclic) bond motifs is 1. The number of likely N-dealkylation sites (tertiary alicyclic amines) is 1. The first-order chi connectivity index (χ1) is 12.5. The first-order valence-electron chi connectivity index (χ1n) is 8.58. The van der Waals surface area contributed by atoms with Gasteiger partial charge in [0.2, 0.25) is 0 Å². The predicted octanol–water partition coefficient (Wildman–Crippen LogP) is 3.78. The molecule has 0 aromatic carbocycles. The summed E-state index contributed by atoms with van der Waals surface area (Å²) in [6.07, 6.45) is 10.9. The van der Waals surface area contributed by atoms with Crippen LogP contribution in [-0.2, 0) is 0 Å². The van der Waals surface area contributed by atoms with Crippen molar-refractivity contribution in [2.24, 2.45) is 5.92 Å². The topological polar surface area (TPSA) is 49.6 Å². The van der Waals surface area contributed by atoms with Crippen molar-refractivity contribution < 1.29 is 0 Å². The average molecular weight is 482 g/mol. The number of nitrogens with one attached hydrogen (secondary N) is 1. The van der Waals surface area contributed by atoms with Gasteiger partial charge in [-0.15, -0.1) is 11.3 Å². The number of halogens is 1. The van der Waals surface area contributed by atoms with Crippen LogP contribution in [-0.4, -0.2) is 40.5 Å². The van der Waals surface area contributed by atoms with E-state index < -0.39 is 0 Å². The molecule has 0 amide bonds. The van der Waals surface area contributed by atoms with E-state index in [0.717, 1.165) is 30.0 Å². The molecule has 0 radical (unpaired) electrons. The molecule has 0 saturated carbocycles. The minimum Gasteiger partial charge on any atom is -0.365 e. The Morgan fingerprint density at radius 2 is 2.27 bits per heavy atom. The Labute approximate surface area is 171 Å². The second-order valence-corrected chi connectivity index (χ2v) is 8.54. The van der Waals surface area contributed by atoms with Gasteiger partial charge in [-0.3, -0.25) is 9.20 Å². The molecule has 2 aromatic heterocycles. The first-order valence-corrected chi connectivity index (χ1v) is 10.5. The molecular weight excluding hydrogens is 459 g/mol. The van der Waals surface area contributed by atoms with Crippen molar-refractivity contribution in [2.75, 3.05) is 25.5 Å². The van der Waals surface area contributed by atoms with E-state index in [1.165, 1.54) is 11.3 Å². The van der Waals surface area contributed by atoms with Crippen LogP contribution in [0.15, 0.2) is 52.8 Å². The maximum absolute atomic E-state index is 12.5. The highest BCUT2D eigenvalue weighted by Crippen LogP contribution is 2.26. The van der Waals surface area contributed by atoms with Gasteiger partial charge in [0.1, 0.15) is 9.39 Å². The smallest absolute Gasteiger partial charge is 0.274 e. The molecule has 1 N–H and O–H groups in total. The molecule has 138 valence electrons. The maximum Gasteiger partial charge on any atom is 0.274 e. The molecular formula is C19H23IN4OS. The minimum absolute atomic E-state index is 0.0150. The SMILES string of the molecule is C=C(/C=C\C=C/C)[C@H]1C[C@@H](Nc2nc3sccn3c(=O)c2I)CN(C)C1. The highest BCUT2D eigenvalue weighted by atomic mass is 127. The van der Waals surface area contributed by atoms with Crippen LogP contribution >= 0.6 is 33.9 Å². The van der Waals surface area contributed by atoms with Gasteiger partial charge < -0.3 is 10.2 Å². The highest BCUT2D eigenvalue weighted by Gasteiger charge is 2.27. The quantitative estimate of drug-likeness (QED) is 0.521. The lowest BCUT2D eigenvalue weighted by Crippen LogP contribution is -2.45. The first kappa shape index (κ1) is 19.3. The van der Waals surface area contributed by atoms with Crippen LogP contribution in [0, 0.1) is 9.49 Å². The summed E-state index contributed by atoms with van der Waals surface area (Å²) < 4.78 is 2.23. The number of hydrogen-bond acceptors (Lipinski definition) is 5. The average Bonchev–Trinajstić information content (AvgIpc) is 3.07. The molecule has 0 aliphatic carbocycles. The van der Waals surface area contributed by atoms with Crippen molar-refractivity contribution in [3.05, 3.63) is 62.0 Å². The molecule has 0 spiro atoms. The van der Waals surface area contributed by atoms with E-state index in [4.69, 9.17) is 0 Å². The lowest BCUT2D eigenvalue weighted by atomic mass is 9.88. The number of anilines is 1. The van der Waals surface area contributed by atoms with Crippen molar-refractivity contribution in [1.29, 1.82) is 0 Å². The zero-order valence-electron chi connectivity index (χ0n) is 15.0. The van der Waals surface area contributed by atoms with Crippen molar-refractivity contribution in [2.45, 2.75) is 19.4 Å². The van der Waals surface area contributed by atoms with Crippen molar-refractivity contribution in [3.63, 3.8) is 0 Å². The Morgan fingerprint density at radius 1 is 1.46 bits per heavy atom. The molecule has 1 saturated heterocycles. The van der Waals surface area contributed by atoms with E-state index in [2.05, 4.69) is 57.5 Å². The van der Waals surface area contributed by atoms with E-state index in [9.17, 15) is 4.79 Å². The number of thiazole rings is 1. The Kier molecular flexibility index (Phi) is 6.31. The van der Waals surface area contributed by atoms with E-state index in [0.29, 0.717) is 15.3 Å². The van der Waals surface area contributed by atoms with Gasteiger partial charge in [-0.2, -0.15) is 0 Å². The molecule has 3 heterocycles. The van der Waals surface area contributed by atoms with Gasteiger partial charge in [-0.1, -0.05) is 36.5 Å². The number of hydrogen-bond donors (Lipinski definition) is 1. The Balaban J connectivity index is 1.78. The van der Waals surface area contributed by atoms with Crippen molar-refractivity contribution in [3.8, 4) is 0 Å². The summed E-state index contributed by atoms with van der Waals surface area (Å²) in [5, 5.41) is 5.39. The van der Waals surface area contributed by atoms with Crippen LogP contribution in [0.25, 0.3) is 4.96 Å². The monoisotopic (exact) mass is 482 g/mol. The summed E-state index contributed by atoms with van der Waals surface area (Å²) in [5.74, 6) is 1.07. The summed E-state index contributed by atoms with van der Waals surface area (Å²) in [7, 11) is 2.12. The number of piperidine rings is 1. The Bertz CT molecular complexity index is 914. The summed E-state index contributed by atoms with van der Waals surface area (Å²) in [4.78, 5) is 20.2. The zero-order chi connectivity index (χ0) is 18.7. The zero-order valence-corrected chi connectivity index (χ0v) is 18.0. The molecule has 7 heteroatoms. The predicted molar refractivity (Wildman–Crippen MR) is 118 cm³/mol. The fraction of sp³-hybridized carbons (Fsp3) is 0.368. The molecule has 1 aliphatic rings. The normalized spacial score (nSPS) is 21.8. The van der Waals surface area contributed by atoms with Gasteiger partial charge in [-0.25, -0.2) is 4.98 Å². The van der Waals surface area contributed by atoms with Gasteiger partial charge in [0.05, 0.1) is 0 Å². The number of allylic oxidation sites excluding steroid dienone is 4. The largest absolute Gasteiger partial charge is 0.365 e. The van der Waals surface area contributed by atoms with Gasteiger partial charge in [0.15, 0.2) is 4.96 Å². The maximum atomic E-state index is 12.5. The molecule has 1 aliphatic heterocycles. The molecule has 0 bridgehead atoms. The van der Waals surface area contributed by atoms with Crippen LogP contribution in [0.4, 0.5) is 5.82 Å². The lowest BCUT2D eigenvalue weighted by molar-refractivity contribution is 0.218. The van der Waals surface area contributed by atoms with Gasteiger partial charge >= 0.3 is 0 Å². The van der Waals surface area contributed by atoms with Gasteiger partial charge in [0.25, 0.3) is 5.56 Å². The molecule has 2 atom stereocenters. The molecule has 0 unspecified atom stereocenters. The lowest BCUT2D eigenvalue weighted by Gasteiger charge is -2.36. The van der Waals surface area contributed by atoms with Crippen LogP contribution in [0.1, 0.15) is 13.3 Å². The molecule has 2 aromatic rings. The molecule has 1 fully saturated rings. The summed E-state index contributed by atoms with van der Waals surface area (Å²) in [6, 6.07) is 0.230. The van der Waals surface area contributed by atoms with E-state index in [1.807, 2.05) is 30.5 Å². The second kappa shape index (κ2) is 8.49. The summed E-state index contributed by atoms with van der Waals surface area (Å²) in [6.45, 7) is 8.17. The Morgan fingerprint density at radius 3 is 3.04 bits per heavy atom. The second-order valence-electron chi connectivity index (χ2n) is 6.59. The van der Waals surface area contributed by atoms with E-state index >= 15 is 0 Å². The molecule has 26 heavy (non-hydrogen) atoms. The van der Waals surface area contributed by atoms with Crippen LogP contribution < -0.4 is 10.9 Å². The van der Waals surface area contributed by atoms with Crippen molar-refractivity contribution in [1.82, 2.24) is 14.3 Å².